The number of ether oxygens (including phenoxy) is 5. The Morgan fingerprint density at radius 3 is 2.32 bits per heavy atom. The van der Waals surface area contributed by atoms with Gasteiger partial charge in [0.1, 0.15) is 6.61 Å². The van der Waals surface area contributed by atoms with Gasteiger partial charge in [-0.25, -0.2) is 14.4 Å². The molecule has 0 bridgehead atoms. The summed E-state index contributed by atoms with van der Waals surface area (Å²) in [6.07, 6.45) is -1.46. The Morgan fingerprint density at radius 2 is 1.79 bits per heavy atom. The molecule has 1 aliphatic rings. The third kappa shape index (κ3) is 3.02. The van der Waals surface area contributed by atoms with Gasteiger partial charge in [-0.1, -0.05) is 0 Å². The van der Waals surface area contributed by atoms with Crippen LogP contribution in [0.15, 0.2) is 0 Å². The van der Waals surface area contributed by atoms with Crippen LogP contribution in [0.25, 0.3) is 0 Å². The number of hydrogen-bond acceptors (Lipinski definition) is 8. The Morgan fingerprint density at radius 1 is 1.16 bits per heavy atom. The molecule has 0 aromatic rings. The second kappa shape index (κ2) is 6.48. The van der Waals surface area contributed by atoms with Crippen LogP contribution in [0, 0.1) is 0 Å². The maximum Gasteiger partial charge on any atom is 0.363 e. The van der Waals surface area contributed by atoms with Crippen molar-refractivity contribution in [2.45, 2.75) is 25.7 Å². The average Bonchev–Trinajstić information content (AvgIpc) is 2.85. The molecule has 2 unspecified atom stereocenters. The molecule has 8 nitrogen and oxygen atoms in total. The highest BCUT2D eigenvalue weighted by atomic mass is 16.8. The van der Waals surface area contributed by atoms with Crippen molar-refractivity contribution in [3.63, 3.8) is 0 Å². The molecule has 1 saturated heterocycles. The molecule has 0 radical (unpaired) electrons. The third-order valence-electron chi connectivity index (χ3n) is 2.35. The van der Waals surface area contributed by atoms with Crippen molar-refractivity contribution >= 4 is 17.9 Å². The van der Waals surface area contributed by atoms with Crippen molar-refractivity contribution < 1.29 is 38.1 Å². The topological polar surface area (TPSA) is 97.4 Å². The lowest BCUT2D eigenvalue weighted by Crippen LogP contribution is -2.51. The van der Waals surface area contributed by atoms with E-state index >= 15 is 0 Å². The van der Waals surface area contributed by atoms with Gasteiger partial charge in [-0.3, -0.25) is 0 Å². The van der Waals surface area contributed by atoms with E-state index in [1.54, 1.807) is 13.8 Å². The molecule has 2 atom stereocenters. The number of hydrogen-bond donors (Lipinski definition) is 0. The highest BCUT2D eigenvalue weighted by Crippen LogP contribution is 2.27. The van der Waals surface area contributed by atoms with Crippen LogP contribution in [0.1, 0.15) is 13.8 Å². The van der Waals surface area contributed by atoms with Gasteiger partial charge in [-0.15, -0.1) is 0 Å². The molecule has 1 aliphatic heterocycles. The van der Waals surface area contributed by atoms with E-state index in [9.17, 15) is 14.4 Å². The summed E-state index contributed by atoms with van der Waals surface area (Å²) in [7, 11) is 1.09. The first-order valence-corrected chi connectivity index (χ1v) is 5.73. The largest absolute Gasteiger partial charge is 0.466 e. The number of carbonyl (C=O) groups is 3. The molecule has 0 spiro atoms. The van der Waals surface area contributed by atoms with Crippen LogP contribution >= 0.6 is 0 Å². The molecule has 0 N–H and O–H groups in total. The minimum absolute atomic E-state index is 0.0466. The van der Waals surface area contributed by atoms with Gasteiger partial charge in [0.25, 0.3) is 11.9 Å². The van der Waals surface area contributed by atoms with Crippen LogP contribution in [0.2, 0.25) is 0 Å². The van der Waals surface area contributed by atoms with Gasteiger partial charge in [0.2, 0.25) is 0 Å². The van der Waals surface area contributed by atoms with Gasteiger partial charge in [-0.2, -0.15) is 0 Å². The summed E-state index contributed by atoms with van der Waals surface area (Å²) < 4.78 is 24.0. The summed E-state index contributed by atoms with van der Waals surface area (Å²) in [6.45, 7) is 2.87. The fraction of sp³-hybridized carbons (Fsp3) is 0.727. The molecule has 0 amide bonds. The van der Waals surface area contributed by atoms with Crippen molar-refractivity contribution in [3.8, 4) is 0 Å². The number of methoxy groups -OCH3 is 1. The van der Waals surface area contributed by atoms with Gasteiger partial charge in [-0.05, 0) is 13.8 Å². The first-order valence-electron chi connectivity index (χ1n) is 5.73. The molecule has 19 heavy (non-hydrogen) atoms. The van der Waals surface area contributed by atoms with E-state index in [-0.39, 0.29) is 13.2 Å². The third-order valence-corrected chi connectivity index (χ3v) is 2.35. The Kier molecular flexibility index (Phi) is 5.25. The summed E-state index contributed by atoms with van der Waals surface area (Å²) >= 11 is 0. The zero-order valence-electron chi connectivity index (χ0n) is 11.0. The quantitative estimate of drug-likeness (QED) is 0.373. The molecule has 1 fully saturated rings. The summed E-state index contributed by atoms with van der Waals surface area (Å²) in [6, 6.07) is 0. The Balaban J connectivity index is 2.88. The van der Waals surface area contributed by atoms with Gasteiger partial charge in [0, 0.05) is 0 Å². The molecular weight excluding hydrogens is 260 g/mol. The predicted octanol–water partition coefficient (Wildman–Crippen LogP) is -0.603. The van der Waals surface area contributed by atoms with E-state index in [0.717, 1.165) is 7.11 Å². The molecule has 1 rings (SSSR count). The van der Waals surface area contributed by atoms with E-state index in [1.165, 1.54) is 0 Å². The van der Waals surface area contributed by atoms with Crippen LogP contribution in [-0.4, -0.2) is 56.7 Å². The van der Waals surface area contributed by atoms with Crippen LogP contribution in [-0.2, 0) is 38.1 Å². The first-order chi connectivity index (χ1) is 9.01. The predicted molar refractivity (Wildman–Crippen MR) is 58.8 cm³/mol. The van der Waals surface area contributed by atoms with Crippen LogP contribution < -0.4 is 0 Å². The van der Waals surface area contributed by atoms with Gasteiger partial charge < -0.3 is 23.7 Å². The van der Waals surface area contributed by atoms with Gasteiger partial charge >= 0.3 is 17.9 Å². The fourth-order valence-corrected chi connectivity index (χ4v) is 1.48. The number of esters is 3. The molecule has 108 valence electrons. The van der Waals surface area contributed by atoms with Crippen LogP contribution in [0.4, 0.5) is 0 Å². The van der Waals surface area contributed by atoms with Crippen molar-refractivity contribution in [3.05, 3.63) is 0 Å². The molecule has 0 aromatic heterocycles. The molecule has 8 heteroatoms. The average molecular weight is 276 g/mol. The van der Waals surface area contributed by atoms with Gasteiger partial charge in [0.05, 0.1) is 20.3 Å². The Bertz CT molecular complexity index is 366. The second-order valence-electron chi connectivity index (χ2n) is 3.55. The molecule has 0 saturated carbocycles. The normalized spacial score (nSPS) is 25.7. The lowest BCUT2D eigenvalue weighted by Gasteiger charge is -2.21. The summed E-state index contributed by atoms with van der Waals surface area (Å²) in [4.78, 5) is 35.0. The minimum atomic E-state index is -2.08. The zero-order chi connectivity index (χ0) is 14.5. The maximum absolute atomic E-state index is 11.8. The van der Waals surface area contributed by atoms with E-state index in [0.29, 0.717) is 0 Å². The Hall–Kier alpha value is -1.67. The van der Waals surface area contributed by atoms with Crippen molar-refractivity contribution in [1.82, 2.24) is 0 Å². The monoisotopic (exact) mass is 276 g/mol. The van der Waals surface area contributed by atoms with Gasteiger partial charge in [0.15, 0.2) is 0 Å². The highest BCUT2D eigenvalue weighted by molar-refractivity contribution is 6.04. The highest BCUT2D eigenvalue weighted by Gasteiger charge is 2.58. The summed E-state index contributed by atoms with van der Waals surface area (Å²) in [5.41, 5.74) is -2.08. The lowest BCUT2D eigenvalue weighted by molar-refractivity contribution is -0.195. The van der Waals surface area contributed by atoms with Crippen molar-refractivity contribution in [1.29, 1.82) is 0 Å². The second-order valence-corrected chi connectivity index (χ2v) is 3.55. The molecular formula is C11H16O8. The van der Waals surface area contributed by atoms with E-state index in [2.05, 4.69) is 9.47 Å². The maximum atomic E-state index is 11.8. The minimum Gasteiger partial charge on any atom is -0.466 e. The molecule has 0 aliphatic carbocycles. The summed E-state index contributed by atoms with van der Waals surface area (Å²) in [5, 5.41) is 0. The van der Waals surface area contributed by atoms with Crippen molar-refractivity contribution in [2.24, 2.45) is 0 Å². The standard InChI is InChI=1S/C11H16O8/c1-4-16-7(12)8-18-6-11(19-8,9(13)15-3)10(14)17-5-2/h8H,4-6H2,1-3H3. The SMILES string of the molecule is CCOC(=O)C1OCC(C(=O)OC)(C(=O)OCC)O1. The number of rotatable bonds is 5. The first kappa shape index (κ1) is 15.4. The fourth-order valence-electron chi connectivity index (χ4n) is 1.48. The molecule has 1 heterocycles. The number of carbonyl (C=O) groups excluding carboxylic acids is 3. The molecule has 0 aromatic carbocycles. The van der Waals surface area contributed by atoms with E-state index in [1.807, 2.05) is 0 Å². The smallest absolute Gasteiger partial charge is 0.363 e. The van der Waals surface area contributed by atoms with Crippen LogP contribution in [0.5, 0.6) is 0 Å². The van der Waals surface area contributed by atoms with Crippen LogP contribution in [0.3, 0.4) is 0 Å². The zero-order valence-corrected chi connectivity index (χ0v) is 11.0. The van der Waals surface area contributed by atoms with Crippen molar-refractivity contribution in [2.75, 3.05) is 26.9 Å². The van der Waals surface area contributed by atoms with E-state index in [4.69, 9.17) is 14.2 Å². The Labute approximate surface area is 109 Å². The lowest BCUT2D eigenvalue weighted by atomic mass is 10.1. The summed E-state index contributed by atoms with van der Waals surface area (Å²) in [5.74, 6) is -2.77. The van der Waals surface area contributed by atoms with E-state index < -0.39 is 36.4 Å².